The van der Waals surface area contributed by atoms with Crippen LogP contribution in [-0.4, -0.2) is 20.8 Å². The van der Waals surface area contributed by atoms with Gasteiger partial charge < -0.3 is 4.74 Å². The second kappa shape index (κ2) is 5.92. The van der Waals surface area contributed by atoms with Crippen molar-refractivity contribution in [3.05, 3.63) is 54.3 Å². The van der Waals surface area contributed by atoms with Crippen LogP contribution >= 0.6 is 0 Å². The van der Waals surface area contributed by atoms with Gasteiger partial charge in [-0.1, -0.05) is 18.2 Å². The standard InChI is InChI=1S/C14H12FNO4S/c1-21(18,19)11-7-8-12(15)13(9-11)16-14(17)20-10-5-3-2-4-6-10/h2-9H,1H3,(H,16,17). The van der Waals surface area contributed by atoms with E-state index in [1.165, 1.54) is 0 Å². The fourth-order valence-electron chi connectivity index (χ4n) is 1.56. The number of halogens is 1. The van der Waals surface area contributed by atoms with Crippen LogP contribution in [0.4, 0.5) is 14.9 Å². The first-order valence-corrected chi connectivity index (χ1v) is 7.79. The Kier molecular flexibility index (Phi) is 4.23. The Morgan fingerprint density at radius 2 is 1.81 bits per heavy atom. The largest absolute Gasteiger partial charge is 0.417 e. The van der Waals surface area contributed by atoms with Gasteiger partial charge in [-0.2, -0.15) is 0 Å². The molecule has 0 bridgehead atoms. The van der Waals surface area contributed by atoms with Gasteiger partial charge in [0.25, 0.3) is 0 Å². The molecule has 0 aromatic heterocycles. The lowest BCUT2D eigenvalue weighted by molar-refractivity contribution is 0.215. The monoisotopic (exact) mass is 309 g/mol. The van der Waals surface area contributed by atoms with E-state index in [1.807, 2.05) is 0 Å². The molecule has 21 heavy (non-hydrogen) atoms. The van der Waals surface area contributed by atoms with E-state index in [2.05, 4.69) is 5.32 Å². The fourth-order valence-corrected chi connectivity index (χ4v) is 2.21. The van der Waals surface area contributed by atoms with Crippen molar-refractivity contribution in [2.75, 3.05) is 11.6 Å². The molecule has 0 unspecified atom stereocenters. The van der Waals surface area contributed by atoms with Crippen LogP contribution in [-0.2, 0) is 9.84 Å². The topological polar surface area (TPSA) is 72.5 Å². The van der Waals surface area contributed by atoms with Crippen LogP contribution in [0, 0.1) is 5.82 Å². The molecule has 0 radical (unpaired) electrons. The SMILES string of the molecule is CS(=O)(=O)c1ccc(F)c(NC(=O)Oc2ccccc2)c1. The minimum absolute atomic E-state index is 0.0982. The first-order chi connectivity index (χ1) is 9.86. The molecule has 1 amide bonds. The number of anilines is 1. The maximum Gasteiger partial charge on any atom is 0.417 e. The minimum atomic E-state index is -3.50. The zero-order valence-electron chi connectivity index (χ0n) is 11.0. The number of benzene rings is 2. The van der Waals surface area contributed by atoms with Crippen molar-refractivity contribution >= 4 is 21.6 Å². The molecule has 7 heteroatoms. The molecule has 110 valence electrons. The average Bonchev–Trinajstić information content (AvgIpc) is 2.41. The number of nitrogens with one attached hydrogen (secondary N) is 1. The summed E-state index contributed by atoms with van der Waals surface area (Å²) in [6.45, 7) is 0. The second-order valence-corrected chi connectivity index (χ2v) is 6.26. The molecule has 0 aliphatic heterocycles. The third-order valence-corrected chi connectivity index (χ3v) is 3.67. The van der Waals surface area contributed by atoms with Crippen LogP contribution in [0.25, 0.3) is 0 Å². The molecule has 1 N–H and O–H groups in total. The summed E-state index contributed by atoms with van der Waals surface area (Å²) in [7, 11) is -3.50. The molecule has 0 aliphatic carbocycles. The number of amides is 1. The number of carbonyl (C=O) groups excluding carboxylic acids is 1. The third kappa shape index (κ3) is 4.03. The summed E-state index contributed by atoms with van der Waals surface area (Å²) in [5, 5.41) is 2.17. The summed E-state index contributed by atoms with van der Waals surface area (Å²) in [6, 6.07) is 11.3. The zero-order valence-corrected chi connectivity index (χ0v) is 11.9. The number of para-hydroxylation sites is 1. The third-order valence-electron chi connectivity index (χ3n) is 2.56. The van der Waals surface area contributed by atoms with Gasteiger partial charge >= 0.3 is 6.09 Å². The van der Waals surface area contributed by atoms with Crippen LogP contribution in [0.5, 0.6) is 5.75 Å². The summed E-state index contributed by atoms with van der Waals surface area (Å²) >= 11 is 0. The van der Waals surface area contributed by atoms with Gasteiger partial charge in [-0.15, -0.1) is 0 Å². The number of hydrogen-bond acceptors (Lipinski definition) is 4. The highest BCUT2D eigenvalue weighted by Crippen LogP contribution is 2.20. The van der Waals surface area contributed by atoms with Gasteiger partial charge in [0.15, 0.2) is 9.84 Å². The Morgan fingerprint density at radius 3 is 2.43 bits per heavy atom. The van der Waals surface area contributed by atoms with Crippen molar-refractivity contribution in [2.45, 2.75) is 4.90 Å². The molecule has 0 fully saturated rings. The van der Waals surface area contributed by atoms with Crippen molar-refractivity contribution in [2.24, 2.45) is 0 Å². The quantitative estimate of drug-likeness (QED) is 0.885. The first kappa shape index (κ1) is 15.0. The van der Waals surface area contributed by atoms with E-state index in [9.17, 15) is 17.6 Å². The average molecular weight is 309 g/mol. The van der Waals surface area contributed by atoms with E-state index in [0.29, 0.717) is 0 Å². The Morgan fingerprint density at radius 1 is 1.14 bits per heavy atom. The van der Waals surface area contributed by atoms with Crippen molar-refractivity contribution in [3.8, 4) is 5.75 Å². The lowest BCUT2D eigenvalue weighted by atomic mass is 10.3. The smallest absolute Gasteiger partial charge is 0.410 e. The summed E-state index contributed by atoms with van der Waals surface area (Å²) in [4.78, 5) is 11.5. The van der Waals surface area contributed by atoms with Crippen molar-refractivity contribution in [1.29, 1.82) is 0 Å². The summed E-state index contributed by atoms with van der Waals surface area (Å²) < 4.78 is 41.3. The van der Waals surface area contributed by atoms with Gasteiger partial charge in [-0.3, -0.25) is 5.32 Å². The van der Waals surface area contributed by atoms with Crippen LogP contribution in [0.2, 0.25) is 0 Å². The highest BCUT2D eigenvalue weighted by atomic mass is 32.2. The van der Waals surface area contributed by atoms with Gasteiger partial charge in [0, 0.05) is 6.26 Å². The Hall–Kier alpha value is -2.41. The van der Waals surface area contributed by atoms with Crippen LogP contribution in [0.1, 0.15) is 0 Å². The maximum absolute atomic E-state index is 13.6. The van der Waals surface area contributed by atoms with Crippen molar-refractivity contribution in [3.63, 3.8) is 0 Å². The second-order valence-electron chi connectivity index (χ2n) is 4.24. The van der Waals surface area contributed by atoms with Crippen molar-refractivity contribution in [1.82, 2.24) is 0 Å². The Bertz CT molecular complexity index is 760. The molecule has 0 spiro atoms. The molecule has 0 aliphatic rings. The molecular weight excluding hydrogens is 297 g/mol. The molecule has 0 atom stereocenters. The highest BCUT2D eigenvalue weighted by Gasteiger charge is 2.14. The van der Waals surface area contributed by atoms with E-state index in [-0.39, 0.29) is 16.3 Å². The Labute approximate surface area is 121 Å². The summed E-state index contributed by atoms with van der Waals surface area (Å²) in [5.74, 6) is -0.470. The molecular formula is C14H12FNO4S. The van der Waals surface area contributed by atoms with Gasteiger partial charge in [0.05, 0.1) is 10.6 Å². The summed E-state index contributed by atoms with van der Waals surface area (Å²) in [5.41, 5.74) is -0.265. The number of carbonyl (C=O) groups is 1. The predicted octanol–water partition coefficient (Wildman–Crippen LogP) is 2.84. The number of rotatable bonds is 3. The normalized spacial score (nSPS) is 11.0. The predicted molar refractivity (Wildman–Crippen MR) is 75.6 cm³/mol. The zero-order chi connectivity index (χ0) is 15.5. The highest BCUT2D eigenvalue weighted by molar-refractivity contribution is 7.90. The first-order valence-electron chi connectivity index (χ1n) is 5.90. The van der Waals surface area contributed by atoms with E-state index >= 15 is 0 Å². The molecule has 2 aromatic carbocycles. The molecule has 0 saturated heterocycles. The summed E-state index contributed by atoms with van der Waals surface area (Å²) in [6.07, 6.45) is 0.0810. The van der Waals surface area contributed by atoms with Crippen LogP contribution in [0.3, 0.4) is 0 Å². The van der Waals surface area contributed by atoms with Gasteiger partial charge in [-0.05, 0) is 30.3 Å². The van der Waals surface area contributed by atoms with Gasteiger partial charge in [0.1, 0.15) is 11.6 Å². The Balaban J connectivity index is 2.17. The van der Waals surface area contributed by atoms with Gasteiger partial charge in [0.2, 0.25) is 0 Å². The molecule has 2 rings (SSSR count). The van der Waals surface area contributed by atoms with Crippen LogP contribution in [0.15, 0.2) is 53.4 Å². The van der Waals surface area contributed by atoms with E-state index < -0.39 is 21.7 Å². The fraction of sp³-hybridized carbons (Fsp3) is 0.0714. The maximum atomic E-state index is 13.6. The van der Waals surface area contributed by atoms with E-state index in [0.717, 1.165) is 24.5 Å². The van der Waals surface area contributed by atoms with E-state index in [4.69, 9.17) is 4.74 Å². The van der Waals surface area contributed by atoms with Gasteiger partial charge in [-0.25, -0.2) is 17.6 Å². The lowest BCUT2D eigenvalue weighted by Crippen LogP contribution is -2.17. The number of ether oxygens (including phenoxy) is 1. The lowest BCUT2D eigenvalue weighted by Gasteiger charge is -2.08. The minimum Gasteiger partial charge on any atom is -0.410 e. The molecule has 5 nitrogen and oxygen atoms in total. The number of hydrogen-bond donors (Lipinski definition) is 1. The molecule has 0 heterocycles. The van der Waals surface area contributed by atoms with E-state index in [1.54, 1.807) is 30.3 Å². The molecule has 2 aromatic rings. The van der Waals surface area contributed by atoms with Crippen LogP contribution < -0.4 is 10.1 Å². The van der Waals surface area contributed by atoms with Crippen molar-refractivity contribution < 1.29 is 22.3 Å². The molecule has 0 saturated carbocycles. The number of sulfone groups is 1.